The fraction of sp³-hybridized carbons (Fsp3) is 0.316. The van der Waals surface area contributed by atoms with Gasteiger partial charge in [0.15, 0.2) is 0 Å². The van der Waals surface area contributed by atoms with Gasteiger partial charge in [0.1, 0.15) is 0 Å². The Morgan fingerprint density at radius 3 is 2.54 bits per heavy atom. The Bertz CT molecular complexity index is 924. The first-order chi connectivity index (χ1) is 12.3. The van der Waals surface area contributed by atoms with Gasteiger partial charge >= 0.3 is 0 Å². The summed E-state index contributed by atoms with van der Waals surface area (Å²) < 4.78 is 28.1. The van der Waals surface area contributed by atoms with Crippen LogP contribution in [0.5, 0.6) is 0 Å². The van der Waals surface area contributed by atoms with Crippen molar-refractivity contribution in [1.29, 1.82) is 0 Å². The minimum Gasteiger partial charge on any atom is -0.310 e. The van der Waals surface area contributed by atoms with Gasteiger partial charge in [-0.25, -0.2) is 8.42 Å². The highest BCUT2D eigenvalue weighted by Gasteiger charge is 2.27. The van der Waals surface area contributed by atoms with Gasteiger partial charge in [0.05, 0.1) is 10.6 Å². The summed E-state index contributed by atoms with van der Waals surface area (Å²) in [7, 11) is -3.73. The molecule has 1 aliphatic rings. The van der Waals surface area contributed by atoms with Crippen LogP contribution in [0.2, 0.25) is 0 Å². The number of carbonyl (C=O) groups excluding carboxylic acids is 1. The second kappa shape index (κ2) is 7.32. The molecule has 1 heterocycles. The minimum absolute atomic E-state index is 0.0870. The van der Waals surface area contributed by atoms with E-state index in [-0.39, 0.29) is 16.1 Å². The lowest BCUT2D eigenvalue weighted by molar-refractivity contribution is -0.116. The Balaban J connectivity index is 1.93. The SMILES string of the molecule is CCc1ccc(NS(=O)(=O)c2ccc3c(c2)N(C(C)=O)CC(C)S3)cc1. The van der Waals surface area contributed by atoms with Crippen molar-refractivity contribution in [3.63, 3.8) is 0 Å². The molecular weight excluding hydrogens is 368 g/mol. The molecule has 7 heteroatoms. The zero-order valence-corrected chi connectivity index (χ0v) is 16.7. The number of amides is 1. The fourth-order valence-corrected chi connectivity index (χ4v) is 5.08. The average molecular weight is 391 g/mol. The number of nitrogens with one attached hydrogen (secondary N) is 1. The van der Waals surface area contributed by atoms with Crippen molar-refractivity contribution in [2.75, 3.05) is 16.2 Å². The van der Waals surface area contributed by atoms with E-state index in [2.05, 4.69) is 11.6 Å². The van der Waals surface area contributed by atoms with Gasteiger partial charge in [0.2, 0.25) is 5.91 Å². The smallest absolute Gasteiger partial charge is 0.261 e. The average Bonchev–Trinajstić information content (AvgIpc) is 2.60. The summed E-state index contributed by atoms with van der Waals surface area (Å²) in [6.07, 6.45) is 0.898. The molecule has 3 rings (SSSR count). The first kappa shape index (κ1) is 18.8. The van der Waals surface area contributed by atoms with Crippen LogP contribution < -0.4 is 9.62 Å². The summed E-state index contributed by atoms with van der Waals surface area (Å²) in [5, 5.41) is 0.268. The zero-order valence-electron chi connectivity index (χ0n) is 15.0. The second-order valence-corrected chi connectivity index (χ2v) is 9.51. The van der Waals surface area contributed by atoms with Crippen molar-refractivity contribution in [3.8, 4) is 0 Å². The largest absolute Gasteiger partial charge is 0.310 e. The lowest BCUT2D eigenvalue weighted by Gasteiger charge is -2.32. The Kier molecular flexibility index (Phi) is 5.29. The molecule has 0 saturated heterocycles. The number of nitrogens with zero attached hydrogens (tertiary/aromatic N) is 1. The maximum absolute atomic E-state index is 12.8. The van der Waals surface area contributed by atoms with E-state index in [1.54, 1.807) is 47.0 Å². The van der Waals surface area contributed by atoms with Gasteiger partial charge in [-0.1, -0.05) is 26.0 Å². The van der Waals surface area contributed by atoms with E-state index in [9.17, 15) is 13.2 Å². The van der Waals surface area contributed by atoms with Crippen molar-refractivity contribution >= 4 is 39.1 Å². The van der Waals surface area contributed by atoms with Crippen molar-refractivity contribution in [3.05, 3.63) is 48.0 Å². The molecule has 2 aromatic carbocycles. The number of thioether (sulfide) groups is 1. The molecule has 1 amide bonds. The third-order valence-electron chi connectivity index (χ3n) is 4.29. The molecule has 0 aliphatic carbocycles. The summed E-state index contributed by atoms with van der Waals surface area (Å²) in [4.78, 5) is 14.7. The molecule has 0 saturated carbocycles. The van der Waals surface area contributed by atoms with E-state index < -0.39 is 10.0 Å². The predicted molar refractivity (Wildman–Crippen MR) is 106 cm³/mol. The van der Waals surface area contributed by atoms with E-state index in [1.165, 1.54) is 6.92 Å². The number of carbonyl (C=O) groups is 1. The molecule has 26 heavy (non-hydrogen) atoms. The van der Waals surface area contributed by atoms with E-state index in [4.69, 9.17) is 0 Å². The van der Waals surface area contributed by atoms with Gasteiger partial charge in [-0.2, -0.15) is 0 Å². The fourth-order valence-electron chi connectivity index (χ4n) is 2.91. The molecule has 0 fully saturated rings. The van der Waals surface area contributed by atoms with E-state index in [0.717, 1.165) is 16.9 Å². The maximum atomic E-state index is 12.8. The number of fused-ring (bicyclic) bond motifs is 1. The number of sulfonamides is 1. The van der Waals surface area contributed by atoms with E-state index in [0.29, 0.717) is 17.9 Å². The lowest BCUT2D eigenvalue weighted by Crippen LogP contribution is -2.37. The normalized spacial score (nSPS) is 16.9. The molecule has 0 bridgehead atoms. The van der Waals surface area contributed by atoms with Crippen molar-refractivity contribution in [1.82, 2.24) is 0 Å². The number of benzene rings is 2. The van der Waals surface area contributed by atoms with Crippen molar-refractivity contribution in [2.45, 2.75) is 42.2 Å². The van der Waals surface area contributed by atoms with E-state index in [1.807, 2.05) is 19.1 Å². The molecule has 138 valence electrons. The Labute approximate surface area is 158 Å². The zero-order chi connectivity index (χ0) is 18.9. The summed E-state index contributed by atoms with van der Waals surface area (Å²) >= 11 is 1.65. The molecule has 1 aliphatic heterocycles. The number of anilines is 2. The van der Waals surface area contributed by atoms with Crippen LogP contribution in [-0.4, -0.2) is 26.1 Å². The third-order valence-corrected chi connectivity index (χ3v) is 6.82. The van der Waals surface area contributed by atoms with Gasteiger partial charge in [-0.3, -0.25) is 9.52 Å². The highest BCUT2D eigenvalue weighted by molar-refractivity contribution is 8.00. The van der Waals surface area contributed by atoms with Crippen LogP contribution in [0.1, 0.15) is 26.3 Å². The van der Waals surface area contributed by atoms with Crippen LogP contribution in [0.3, 0.4) is 0 Å². The molecule has 5 nitrogen and oxygen atoms in total. The number of hydrogen-bond acceptors (Lipinski definition) is 4. The first-order valence-electron chi connectivity index (χ1n) is 8.50. The van der Waals surface area contributed by atoms with Gasteiger partial charge in [0, 0.05) is 29.3 Å². The molecule has 0 radical (unpaired) electrons. The first-order valence-corrected chi connectivity index (χ1v) is 10.9. The van der Waals surface area contributed by atoms with Gasteiger partial charge in [0.25, 0.3) is 10.0 Å². The molecule has 1 atom stereocenters. The van der Waals surface area contributed by atoms with Crippen molar-refractivity contribution < 1.29 is 13.2 Å². The van der Waals surface area contributed by atoms with Crippen LogP contribution in [0.15, 0.2) is 52.3 Å². The Hall–Kier alpha value is -1.99. The summed E-state index contributed by atoms with van der Waals surface area (Å²) in [5.41, 5.74) is 2.32. The van der Waals surface area contributed by atoms with Crippen LogP contribution >= 0.6 is 11.8 Å². The predicted octanol–water partition coefficient (Wildman–Crippen LogP) is 3.90. The van der Waals surface area contributed by atoms with Crippen LogP contribution in [-0.2, 0) is 21.2 Å². The minimum atomic E-state index is -3.73. The third kappa shape index (κ3) is 3.88. The molecule has 1 unspecified atom stereocenters. The molecule has 0 aromatic heterocycles. The highest BCUT2D eigenvalue weighted by atomic mass is 32.2. The van der Waals surface area contributed by atoms with Crippen LogP contribution in [0.4, 0.5) is 11.4 Å². The number of aryl methyl sites for hydroxylation is 1. The van der Waals surface area contributed by atoms with Crippen molar-refractivity contribution in [2.24, 2.45) is 0 Å². The topological polar surface area (TPSA) is 66.5 Å². The maximum Gasteiger partial charge on any atom is 0.261 e. The monoisotopic (exact) mass is 390 g/mol. The Morgan fingerprint density at radius 1 is 1.23 bits per heavy atom. The number of rotatable bonds is 4. The number of hydrogen-bond donors (Lipinski definition) is 1. The summed E-state index contributed by atoms with van der Waals surface area (Å²) in [5.74, 6) is -0.0870. The quantitative estimate of drug-likeness (QED) is 0.860. The second-order valence-electron chi connectivity index (χ2n) is 6.34. The molecule has 0 spiro atoms. The van der Waals surface area contributed by atoms with Crippen LogP contribution in [0.25, 0.3) is 0 Å². The molecule has 2 aromatic rings. The standard InChI is InChI=1S/C19H22N2O3S2/c1-4-15-5-7-16(8-6-15)20-26(23,24)17-9-10-19-18(11-17)21(14(3)22)12-13(2)25-19/h5-11,13,20H,4,12H2,1-3H3. The molecule has 1 N–H and O–H groups in total. The van der Waals surface area contributed by atoms with Gasteiger partial charge < -0.3 is 4.90 Å². The Morgan fingerprint density at radius 2 is 1.92 bits per heavy atom. The molecular formula is C19H22N2O3S2. The lowest BCUT2D eigenvalue weighted by atomic mass is 10.2. The van der Waals surface area contributed by atoms with Crippen LogP contribution in [0, 0.1) is 0 Å². The summed E-state index contributed by atoms with van der Waals surface area (Å²) in [6.45, 7) is 6.17. The highest BCUT2D eigenvalue weighted by Crippen LogP contribution is 2.39. The van der Waals surface area contributed by atoms with Gasteiger partial charge in [-0.15, -0.1) is 11.8 Å². The van der Waals surface area contributed by atoms with E-state index >= 15 is 0 Å². The van der Waals surface area contributed by atoms with Gasteiger partial charge in [-0.05, 0) is 42.3 Å². The summed E-state index contributed by atoms with van der Waals surface area (Å²) in [6, 6.07) is 12.3.